The molecule has 2 aromatic heterocycles. The highest BCUT2D eigenvalue weighted by molar-refractivity contribution is 7.15. The van der Waals surface area contributed by atoms with Gasteiger partial charge in [0.2, 0.25) is 0 Å². The predicted octanol–water partition coefficient (Wildman–Crippen LogP) is 1.43. The van der Waals surface area contributed by atoms with E-state index in [1.807, 2.05) is 11.6 Å². The summed E-state index contributed by atoms with van der Waals surface area (Å²) in [7, 11) is 0. The first kappa shape index (κ1) is 9.92. The van der Waals surface area contributed by atoms with Gasteiger partial charge in [0.15, 0.2) is 10.1 Å². The van der Waals surface area contributed by atoms with Gasteiger partial charge in [-0.1, -0.05) is 11.6 Å². The minimum atomic E-state index is -0.642. The number of thiazole rings is 1. The topological polar surface area (TPSA) is 63.5 Å². The van der Waals surface area contributed by atoms with Crippen LogP contribution in [0.25, 0.3) is 4.96 Å². The van der Waals surface area contributed by atoms with E-state index in [1.165, 1.54) is 11.3 Å². The van der Waals surface area contributed by atoms with Crippen LogP contribution < -0.4 is 5.73 Å². The molecule has 0 saturated carbocycles. The van der Waals surface area contributed by atoms with Gasteiger partial charge >= 0.3 is 0 Å². The fraction of sp³-hybridized carbons (Fsp3) is 0.375. The van der Waals surface area contributed by atoms with Crippen LogP contribution in [0.4, 0.5) is 0 Å². The second kappa shape index (κ2) is 3.86. The van der Waals surface area contributed by atoms with Crippen LogP contribution in [0.2, 0.25) is 5.15 Å². The molecule has 6 heteroatoms. The van der Waals surface area contributed by atoms with E-state index in [-0.39, 0.29) is 0 Å². The van der Waals surface area contributed by atoms with Crippen molar-refractivity contribution in [3.8, 4) is 0 Å². The quantitative estimate of drug-likeness (QED) is 0.840. The smallest absolute Gasteiger partial charge is 0.195 e. The molecule has 0 aliphatic carbocycles. The first-order valence-corrected chi connectivity index (χ1v) is 5.49. The number of rotatable bonds is 3. The van der Waals surface area contributed by atoms with E-state index in [2.05, 4.69) is 4.98 Å². The van der Waals surface area contributed by atoms with Gasteiger partial charge in [-0.25, -0.2) is 4.98 Å². The Bertz CT molecular complexity index is 439. The van der Waals surface area contributed by atoms with Crippen molar-refractivity contribution in [1.82, 2.24) is 9.38 Å². The maximum Gasteiger partial charge on any atom is 0.195 e. The summed E-state index contributed by atoms with van der Waals surface area (Å²) in [5.74, 6) is 0. The Kier molecular flexibility index (Phi) is 2.73. The van der Waals surface area contributed by atoms with Gasteiger partial charge in [-0.2, -0.15) is 0 Å². The van der Waals surface area contributed by atoms with Gasteiger partial charge in [0.1, 0.15) is 0 Å². The lowest BCUT2D eigenvalue weighted by Gasteiger charge is -2.07. The summed E-state index contributed by atoms with van der Waals surface area (Å²) in [6.45, 7) is 0.425. The Morgan fingerprint density at radius 1 is 1.71 bits per heavy atom. The molecule has 1 atom stereocenters. The monoisotopic (exact) mass is 231 g/mol. The van der Waals surface area contributed by atoms with Crippen LogP contribution in [0.3, 0.4) is 0 Å². The van der Waals surface area contributed by atoms with Crippen LogP contribution in [-0.4, -0.2) is 21.0 Å². The number of nitrogens with zero attached hydrogens (tertiary/aromatic N) is 2. The number of hydrogen-bond acceptors (Lipinski definition) is 4. The molecule has 0 fully saturated rings. The molecule has 2 heterocycles. The lowest BCUT2D eigenvalue weighted by atomic mass is 10.2. The SMILES string of the molecule is NCCC(O)c1c(Cl)nc2sccn12. The first-order chi connectivity index (χ1) is 6.74. The molecule has 4 nitrogen and oxygen atoms in total. The maximum atomic E-state index is 9.79. The fourth-order valence-electron chi connectivity index (χ4n) is 1.37. The molecule has 0 aliphatic rings. The fourth-order valence-corrected chi connectivity index (χ4v) is 2.44. The van der Waals surface area contributed by atoms with Gasteiger partial charge in [0.05, 0.1) is 11.8 Å². The number of aliphatic hydroxyl groups is 1. The minimum Gasteiger partial charge on any atom is -0.387 e. The van der Waals surface area contributed by atoms with Crippen LogP contribution >= 0.6 is 22.9 Å². The summed E-state index contributed by atoms with van der Waals surface area (Å²) in [6.07, 6.45) is 1.69. The summed E-state index contributed by atoms with van der Waals surface area (Å²) in [5.41, 5.74) is 6.01. The van der Waals surface area contributed by atoms with E-state index in [9.17, 15) is 5.11 Å². The summed E-state index contributed by atoms with van der Waals surface area (Å²) in [5, 5.41) is 12.0. The van der Waals surface area contributed by atoms with Gasteiger partial charge in [0, 0.05) is 11.6 Å². The third kappa shape index (κ3) is 1.52. The van der Waals surface area contributed by atoms with Gasteiger partial charge in [0.25, 0.3) is 0 Å². The van der Waals surface area contributed by atoms with Crippen LogP contribution in [0.1, 0.15) is 18.2 Å². The standard InChI is InChI=1S/C8H10ClN3OS/c9-7-6(5(13)1-2-10)12-3-4-14-8(12)11-7/h3-5,13H,1-2,10H2. The normalized spacial score (nSPS) is 13.6. The molecule has 76 valence electrons. The van der Waals surface area contributed by atoms with Crippen molar-refractivity contribution in [3.63, 3.8) is 0 Å². The average molecular weight is 232 g/mol. The van der Waals surface area contributed by atoms with Crippen molar-refractivity contribution in [2.45, 2.75) is 12.5 Å². The molecular formula is C8H10ClN3OS. The molecule has 2 rings (SSSR count). The van der Waals surface area contributed by atoms with Gasteiger partial charge < -0.3 is 10.8 Å². The Balaban J connectivity index is 2.47. The first-order valence-electron chi connectivity index (χ1n) is 4.23. The molecule has 3 N–H and O–H groups in total. The molecule has 14 heavy (non-hydrogen) atoms. The lowest BCUT2D eigenvalue weighted by Crippen LogP contribution is -2.08. The zero-order valence-electron chi connectivity index (χ0n) is 7.35. The van der Waals surface area contributed by atoms with Crippen molar-refractivity contribution < 1.29 is 5.11 Å². The number of imidazole rings is 1. The number of aromatic nitrogens is 2. The number of fused-ring (bicyclic) bond motifs is 1. The summed E-state index contributed by atoms with van der Waals surface area (Å²) >= 11 is 7.40. The number of aliphatic hydroxyl groups excluding tert-OH is 1. The van der Waals surface area contributed by atoms with Crippen molar-refractivity contribution in [2.75, 3.05) is 6.54 Å². The Morgan fingerprint density at radius 3 is 3.21 bits per heavy atom. The Labute approximate surface area is 89.9 Å². The zero-order chi connectivity index (χ0) is 10.1. The molecule has 0 aromatic carbocycles. The van der Waals surface area contributed by atoms with Crippen molar-refractivity contribution in [2.24, 2.45) is 5.73 Å². The van der Waals surface area contributed by atoms with E-state index in [4.69, 9.17) is 17.3 Å². The molecule has 0 spiro atoms. The summed E-state index contributed by atoms with van der Waals surface area (Å²) in [4.78, 5) is 4.92. The maximum absolute atomic E-state index is 9.79. The summed E-state index contributed by atoms with van der Waals surface area (Å²) in [6, 6.07) is 0. The average Bonchev–Trinajstić information content (AvgIpc) is 2.63. The van der Waals surface area contributed by atoms with E-state index >= 15 is 0 Å². The molecule has 0 saturated heterocycles. The highest BCUT2D eigenvalue weighted by Gasteiger charge is 2.18. The molecule has 2 aromatic rings. The van der Waals surface area contributed by atoms with Gasteiger partial charge in [-0.15, -0.1) is 11.3 Å². The van der Waals surface area contributed by atoms with E-state index in [1.54, 1.807) is 4.40 Å². The van der Waals surface area contributed by atoms with Crippen molar-refractivity contribution in [3.05, 3.63) is 22.4 Å². The summed E-state index contributed by atoms with van der Waals surface area (Å²) < 4.78 is 1.80. The second-order valence-corrected chi connectivity index (χ2v) is 4.17. The molecular weight excluding hydrogens is 222 g/mol. The molecule has 0 radical (unpaired) electrons. The van der Waals surface area contributed by atoms with Crippen LogP contribution in [0.5, 0.6) is 0 Å². The van der Waals surface area contributed by atoms with Crippen LogP contribution in [-0.2, 0) is 0 Å². The predicted molar refractivity (Wildman–Crippen MR) is 56.7 cm³/mol. The second-order valence-electron chi connectivity index (χ2n) is 2.94. The highest BCUT2D eigenvalue weighted by atomic mass is 35.5. The van der Waals surface area contributed by atoms with Crippen molar-refractivity contribution in [1.29, 1.82) is 0 Å². The largest absolute Gasteiger partial charge is 0.387 e. The third-order valence-corrected chi connectivity index (χ3v) is 3.04. The van der Waals surface area contributed by atoms with Gasteiger partial charge in [-0.3, -0.25) is 4.40 Å². The van der Waals surface area contributed by atoms with E-state index in [0.717, 1.165) is 4.96 Å². The Hall–Kier alpha value is -0.620. The lowest BCUT2D eigenvalue weighted by molar-refractivity contribution is 0.165. The number of halogens is 1. The zero-order valence-corrected chi connectivity index (χ0v) is 8.92. The van der Waals surface area contributed by atoms with E-state index < -0.39 is 6.10 Å². The van der Waals surface area contributed by atoms with Crippen LogP contribution in [0, 0.1) is 0 Å². The van der Waals surface area contributed by atoms with Crippen LogP contribution in [0.15, 0.2) is 11.6 Å². The minimum absolute atomic E-state index is 0.359. The molecule has 0 bridgehead atoms. The molecule has 1 unspecified atom stereocenters. The van der Waals surface area contributed by atoms with Gasteiger partial charge in [-0.05, 0) is 13.0 Å². The Morgan fingerprint density at radius 2 is 2.50 bits per heavy atom. The highest BCUT2D eigenvalue weighted by Crippen LogP contribution is 2.27. The van der Waals surface area contributed by atoms with Crippen molar-refractivity contribution >= 4 is 27.9 Å². The third-order valence-electron chi connectivity index (χ3n) is 2.01. The molecule has 0 amide bonds. The molecule has 0 aliphatic heterocycles. The number of hydrogen-bond donors (Lipinski definition) is 2. The van der Waals surface area contributed by atoms with E-state index in [0.29, 0.717) is 23.8 Å². The number of nitrogens with two attached hydrogens (primary N) is 1.